The number of halogens is 1. The van der Waals surface area contributed by atoms with Gasteiger partial charge >= 0.3 is 5.97 Å². The Labute approximate surface area is 111 Å². The molecule has 1 amide bonds. The molecule has 1 aliphatic rings. The topological polar surface area (TPSA) is 46.6 Å². The maximum Gasteiger partial charge on any atom is 0.321 e. The number of hydrogen-bond donors (Lipinski definition) is 0. The van der Waals surface area contributed by atoms with Crippen LogP contribution in [0, 0.1) is 5.41 Å². The van der Waals surface area contributed by atoms with E-state index in [0.29, 0.717) is 19.5 Å². The van der Waals surface area contributed by atoms with Gasteiger partial charge in [-0.25, -0.2) is 0 Å². The molecule has 0 aromatic heterocycles. The predicted molar refractivity (Wildman–Crippen MR) is 68.9 cm³/mol. The van der Waals surface area contributed by atoms with E-state index in [4.69, 9.17) is 0 Å². The van der Waals surface area contributed by atoms with Gasteiger partial charge in [-0.05, 0) is 18.3 Å². The van der Waals surface area contributed by atoms with Crippen molar-refractivity contribution in [2.24, 2.45) is 5.41 Å². The molecule has 1 heterocycles. The van der Waals surface area contributed by atoms with Crippen LogP contribution >= 0.6 is 15.9 Å². The average molecular weight is 306 g/mol. The van der Waals surface area contributed by atoms with Gasteiger partial charge in [-0.1, -0.05) is 29.8 Å². The zero-order chi connectivity index (χ0) is 13.1. The molecule has 1 rings (SSSR count). The van der Waals surface area contributed by atoms with Crippen molar-refractivity contribution in [2.45, 2.75) is 37.9 Å². The maximum absolute atomic E-state index is 11.9. The van der Waals surface area contributed by atoms with Crippen molar-refractivity contribution in [1.82, 2.24) is 4.90 Å². The van der Waals surface area contributed by atoms with Crippen molar-refractivity contribution in [3.63, 3.8) is 0 Å². The number of likely N-dealkylation sites (tertiary alicyclic amines) is 1. The number of hydrogen-bond acceptors (Lipinski definition) is 3. The summed E-state index contributed by atoms with van der Waals surface area (Å²) in [5.74, 6) is -0.203. The maximum atomic E-state index is 11.9. The first-order valence-electron chi connectivity index (χ1n) is 5.85. The first kappa shape index (κ1) is 14.5. The van der Waals surface area contributed by atoms with Crippen molar-refractivity contribution >= 4 is 27.8 Å². The molecular weight excluding hydrogens is 286 g/mol. The van der Waals surface area contributed by atoms with Gasteiger partial charge in [-0.15, -0.1) is 0 Å². The fraction of sp³-hybridized carbons (Fsp3) is 0.833. The molecule has 0 aromatic rings. The molecule has 0 aliphatic carbocycles. The quantitative estimate of drug-likeness (QED) is 0.591. The molecular formula is C12H20BrNO3. The van der Waals surface area contributed by atoms with Gasteiger partial charge in [-0.3, -0.25) is 9.59 Å². The lowest BCUT2D eigenvalue weighted by molar-refractivity contribution is -0.140. The number of amides is 1. The van der Waals surface area contributed by atoms with Crippen LogP contribution in [0.1, 0.15) is 33.1 Å². The minimum atomic E-state index is -0.433. The molecule has 0 aromatic carbocycles. The summed E-state index contributed by atoms with van der Waals surface area (Å²) in [6.45, 7) is 5.46. The van der Waals surface area contributed by atoms with E-state index in [0.717, 1.165) is 12.8 Å². The predicted octanol–water partition coefficient (Wildman–Crippen LogP) is 1.96. The second-order valence-corrected chi connectivity index (χ2v) is 6.35. The van der Waals surface area contributed by atoms with Crippen LogP contribution in [-0.4, -0.2) is 41.8 Å². The number of nitrogens with zero attached hydrogens (tertiary/aromatic N) is 1. The highest BCUT2D eigenvalue weighted by molar-refractivity contribution is 9.10. The van der Waals surface area contributed by atoms with Gasteiger partial charge in [0.15, 0.2) is 0 Å². The number of esters is 1. The van der Waals surface area contributed by atoms with Crippen LogP contribution in [0.5, 0.6) is 0 Å². The SMILES string of the molecule is COC(=O)C(Br)CN1CCC(C)(C)CCC1=O. The largest absolute Gasteiger partial charge is 0.468 e. The number of rotatable bonds is 3. The number of methoxy groups -OCH3 is 1. The monoisotopic (exact) mass is 305 g/mol. The smallest absolute Gasteiger partial charge is 0.321 e. The van der Waals surface area contributed by atoms with Crippen LogP contribution in [0.3, 0.4) is 0 Å². The number of ether oxygens (including phenoxy) is 1. The molecule has 5 heteroatoms. The fourth-order valence-electron chi connectivity index (χ4n) is 1.88. The fourth-order valence-corrected chi connectivity index (χ4v) is 2.42. The molecule has 4 nitrogen and oxygen atoms in total. The van der Waals surface area contributed by atoms with Crippen LogP contribution in [-0.2, 0) is 14.3 Å². The Kier molecular flexibility index (Phi) is 4.98. The first-order chi connectivity index (χ1) is 7.85. The van der Waals surface area contributed by atoms with Gasteiger partial charge in [-0.2, -0.15) is 0 Å². The van der Waals surface area contributed by atoms with Gasteiger partial charge in [0.05, 0.1) is 7.11 Å². The van der Waals surface area contributed by atoms with E-state index < -0.39 is 4.83 Å². The van der Waals surface area contributed by atoms with Gasteiger partial charge in [0, 0.05) is 19.5 Å². The Morgan fingerprint density at radius 2 is 2.18 bits per heavy atom. The Morgan fingerprint density at radius 1 is 1.53 bits per heavy atom. The van der Waals surface area contributed by atoms with Gasteiger partial charge < -0.3 is 9.64 Å². The Balaban J connectivity index is 2.58. The second-order valence-electron chi connectivity index (χ2n) is 5.24. The minimum absolute atomic E-state index is 0.129. The molecule has 1 saturated heterocycles. The Bertz CT molecular complexity index is 304. The lowest BCUT2D eigenvalue weighted by Crippen LogP contribution is -2.38. The molecule has 0 saturated carbocycles. The van der Waals surface area contributed by atoms with Gasteiger partial charge in [0.1, 0.15) is 4.83 Å². The molecule has 0 N–H and O–H groups in total. The highest BCUT2D eigenvalue weighted by atomic mass is 79.9. The standard InChI is InChI=1S/C12H20BrNO3/c1-12(2)5-4-10(15)14(7-6-12)8-9(13)11(16)17-3/h9H,4-8H2,1-3H3. The third-order valence-electron chi connectivity index (χ3n) is 3.26. The number of carbonyl (C=O) groups excluding carboxylic acids is 2. The van der Waals surface area contributed by atoms with E-state index in [9.17, 15) is 9.59 Å². The molecule has 1 unspecified atom stereocenters. The van der Waals surface area contributed by atoms with Crippen molar-refractivity contribution in [3.8, 4) is 0 Å². The second kappa shape index (κ2) is 5.85. The number of carbonyl (C=O) groups is 2. The van der Waals surface area contributed by atoms with Gasteiger partial charge in [0.2, 0.25) is 5.91 Å². The van der Waals surface area contributed by atoms with Crippen molar-refractivity contribution in [3.05, 3.63) is 0 Å². The van der Waals surface area contributed by atoms with Crippen LogP contribution < -0.4 is 0 Å². The van der Waals surface area contributed by atoms with Crippen molar-refractivity contribution in [2.75, 3.05) is 20.2 Å². The summed E-state index contributed by atoms with van der Waals surface area (Å²) in [4.78, 5) is 24.5. The molecule has 98 valence electrons. The zero-order valence-corrected chi connectivity index (χ0v) is 12.2. The third-order valence-corrected chi connectivity index (χ3v) is 3.93. The van der Waals surface area contributed by atoms with Crippen molar-refractivity contribution in [1.29, 1.82) is 0 Å². The molecule has 0 bridgehead atoms. The summed E-state index contributed by atoms with van der Waals surface area (Å²) < 4.78 is 4.64. The summed E-state index contributed by atoms with van der Waals surface area (Å²) in [5.41, 5.74) is 0.206. The minimum Gasteiger partial charge on any atom is -0.468 e. The summed E-state index contributed by atoms with van der Waals surface area (Å²) >= 11 is 3.25. The third kappa shape index (κ3) is 4.30. The average Bonchev–Trinajstić information content (AvgIpc) is 2.41. The van der Waals surface area contributed by atoms with E-state index in [1.54, 1.807) is 4.90 Å². The summed E-state index contributed by atoms with van der Waals surface area (Å²) in [7, 11) is 1.35. The Morgan fingerprint density at radius 3 is 2.76 bits per heavy atom. The van der Waals surface area contributed by atoms with E-state index in [2.05, 4.69) is 34.5 Å². The lowest BCUT2D eigenvalue weighted by atomic mass is 9.85. The summed E-state index contributed by atoms with van der Waals surface area (Å²) in [6.07, 6.45) is 2.45. The van der Waals surface area contributed by atoms with E-state index in [1.165, 1.54) is 7.11 Å². The zero-order valence-electron chi connectivity index (χ0n) is 10.7. The van der Waals surface area contributed by atoms with E-state index in [1.807, 2.05) is 0 Å². The lowest BCUT2D eigenvalue weighted by Gasteiger charge is -2.24. The number of alkyl halides is 1. The summed E-state index contributed by atoms with van der Waals surface area (Å²) in [5, 5.41) is 0. The van der Waals surface area contributed by atoms with Crippen molar-refractivity contribution < 1.29 is 14.3 Å². The van der Waals surface area contributed by atoms with Gasteiger partial charge in [0.25, 0.3) is 0 Å². The van der Waals surface area contributed by atoms with Crippen LogP contribution in [0.4, 0.5) is 0 Å². The van der Waals surface area contributed by atoms with E-state index >= 15 is 0 Å². The van der Waals surface area contributed by atoms with Crippen LogP contribution in [0.15, 0.2) is 0 Å². The van der Waals surface area contributed by atoms with E-state index in [-0.39, 0.29) is 17.3 Å². The summed E-state index contributed by atoms with van der Waals surface area (Å²) in [6, 6.07) is 0. The molecule has 17 heavy (non-hydrogen) atoms. The molecule has 1 aliphatic heterocycles. The molecule has 0 radical (unpaired) electrons. The van der Waals surface area contributed by atoms with Crippen LogP contribution in [0.25, 0.3) is 0 Å². The highest BCUT2D eigenvalue weighted by Gasteiger charge is 2.29. The first-order valence-corrected chi connectivity index (χ1v) is 6.77. The molecule has 0 spiro atoms. The normalized spacial score (nSPS) is 21.9. The van der Waals surface area contributed by atoms with Crippen LogP contribution in [0.2, 0.25) is 0 Å². The highest BCUT2D eigenvalue weighted by Crippen LogP contribution is 2.30. The molecule has 1 fully saturated rings. The Hall–Kier alpha value is -0.580. The molecule has 1 atom stereocenters.